The summed E-state index contributed by atoms with van der Waals surface area (Å²) in [6.07, 6.45) is 4.98. The summed E-state index contributed by atoms with van der Waals surface area (Å²) in [5.41, 5.74) is 3.49. The molecule has 2 aromatic rings. The molecule has 6 nitrogen and oxygen atoms in total. The fourth-order valence-corrected chi connectivity index (χ4v) is 2.52. The maximum atomic E-state index is 12.5. The highest BCUT2D eigenvalue weighted by Crippen LogP contribution is 2.21. The lowest BCUT2D eigenvalue weighted by Gasteiger charge is -2.13. The predicted octanol–water partition coefficient (Wildman–Crippen LogP) is 2.96. The molecule has 0 saturated carbocycles. The number of carbonyl (C=O) groups excluding carboxylic acids is 1. The summed E-state index contributed by atoms with van der Waals surface area (Å²) in [6.45, 7) is 5.87. The van der Waals surface area contributed by atoms with Gasteiger partial charge in [-0.05, 0) is 51.5 Å². The van der Waals surface area contributed by atoms with Gasteiger partial charge in [-0.15, -0.1) is 0 Å². The lowest BCUT2D eigenvalue weighted by Crippen LogP contribution is -2.17. The molecule has 1 aromatic heterocycles. The van der Waals surface area contributed by atoms with Crippen LogP contribution in [0.1, 0.15) is 34.8 Å². The number of aromatic nitrogens is 2. The molecule has 0 fully saturated rings. The van der Waals surface area contributed by atoms with E-state index in [4.69, 9.17) is 0 Å². The highest BCUT2D eigenvalue weighted by molar-refractivity contribution is 6.04. The first-order valence-electron chi connectivity index (χ1n) is 8.61. The lowest BCUT2D eigenvalue weighted by molar-refractivity contribution is 0.102. The molecule has 6 heteroatoms. The van der Waals surface area contributed by atoms with Crippen LogP contribution in [0.2, 0.25) is 0 Å². The molecule has 0 unspecified atom stereocenters. The van der Waals surface area contributed by atoms with Crippen molar-refractivity contribution in [2.24, 2.45) is 0 Å². The van der Waals surface area contributed by atoms with Crippen molar-refractivity contribution in [2.45, 2.75) is 26.7 Å². The van der Waals surface area contributed by atoms with E-state index in [2.05, 4.69) is 32.4 Å². The van der Waals surface area contributed by atoms with Gasteiger partial charge >= 0.3 is 0 Å². The Hall–Kier alpha value is -2.47. The molecule has 0 aliphatic heterocycles. The van der Waals surface area contributed by atoms with Crippen molar-refractivity contribution in [3.63, 3.8) is 0 Å². The number of rotatable bonds is 8. The van der Waals surface area contributed by atoms with Gasteiger partial charge in [0.25, 0.3) is 5.91 Å². The number of hydrogen-bond donors (Lipinski definition) is 2. The largest absolute Gasteiger partial charge is 0.354 e. The van der Waals surface area contributed by atoms with Gasteiger partial charge in [-0.2, -0.15) is 0 Å². The fourth-order valence-electron chi connectivity index (χ4n) is 2.52. The van der Waals surface area contributed by atoms with Crippen molar-refractivity contribution in [1.82, 2.24) is 14.9 Å². The number of aryl methyl sites for hydroxylation is 2. The Morgan fingerprint density at radius 2 is 1.92 bits per heavy atom. The monoisotopic (exact) mass is 341 g/mol. The normalized spacial score (nSPS) is 10.8. The number of carbonyl (C=O) groups is 1. The van der Waals surface area contributed by atoms with Crippen LogP contribution in [0, 0.1) is 6.92 Å². The second-order valence-corrected chi connectivity index (χ2v) is 6.30. The van der Waals surface area contributed by atoms with Crippen LogP contribution in [-0.2, 0) is 6.42 Å². The SMILES string of the molecule is CCc1cccc(C)c1NC(=O)c1cnc(NCCCN(C)C)nc1. The molecule has 1 aromatic carbocycles. The van der Waals surface area contributed by atoms with Gasteiger partial charge in [0, 0.05) is 24.6 Å². The first kappa shape index (κ1) is 18.9. The first-order chi connectivity index (χ1) is 12.0. The van der Waals surface area contributed by atoms with Crippen molar-refractivity contribution in [2.75, 3.05) is 37.8 Å². The molecule has 0 aliphatic carbocycles. The van der Waals surface area contributed by atoms with Crippen LogP contribution < -0.4 is 10.6 Å². The maximum Gasteiger partial charge on any atom is 0.258 e. The van der Waals surface area contributed by atoms with Crippen molar-refractivity contribution < 1.29 is 4.79 Å². The highest BCUT2D eigenvalue weighted by atomic mass is 16.1. The van der Waals surface area contributed by atoms with Gasteiger partial charge in [0.2, 0.25) is 5.95 Å². The molecule has 0 bridgehead atoms. The molecule has 1 amide bonds. The molecule has 0 spiro atoms. The standard InChI is InChI=1S/C19H27N5O/c1-5-15-9-6-8-14(2)17(15)23-18(25)16-12-21-19(22-13-16)20-10-7-11-24(3)4/h6,8-9,12-13H,5,7,10-11H2,1-4H3,(H,23,25)(H,20,21,22). The van der Waals surface area contributed by atoms with Gasteiger partial charge in [0.1, 0.15) is 0 Å². The molecule has 134 valence electrons. The minimum Gasteiger partial charge on any atom is -0.354 e. The molecular weight excluding hydrogens is 314 g/mol. The van der Waals surface area contributed by atoms with E-state index in [1.807, 2.05) is 39.2 Å². The number of anilines is 2. The number of para-hydroxylation sites is 1. The molecular formula is C19H27N5O. The molecule has 0 saturated heterocycles. The highest BCUT2D eigenvalue weighted by Gasteiger charge is 2.11. The zero-order chi connectivity index (χ0) is 18.2. The summed E-state index contributed by atoms with van der Waals surface area (Å²) in [4.78, 5) is 23.0. The van der Waals surface area contributed by atoms with Crippen LogP contribution >= 0.6 is 0 Å². The second-order valence-electron chi connectivity index (χ2n) is 6.30. The van der Waals surface area contributed by atoms with Crippen LogP contribution in [0.15, 0.2) is 30.6 Å². The summed E-state index contributed by atoms with van der Waals surface area (Å²) in [7, 11) is 4.09. The van der Waals surface area contributed by atoms with E-state index in [1.54, 1.807) is 12.4 Å². The molecule has 1 heterocycles. The third kappa shape index (κ3) is 5.53. The van der Waals surface area contributed by atoms with Crippen molar-refractivity contribution in [1.29, 1.82) is 0 Å². The van der Waals surface area contributed by atoms with Crippen molar-refractivity contribution in [3.8, 4) is 0 Å². The summed E-state index contributed by atoms with van der Waals surface area (Å²) in [6, 6.07) is 6.02. The smallest absolute Gasteiger partial charge is 0.258 e. The fraction of sp³-hybridized carbons (Fsp3) is 0.421. The zero-order valence-corrected chi connectivity index (χ0v) is 15.5. The average Bonchev–Trinajstić information content (AvgIpc) is 2.60. The van der Waals surface area contributed by atoms with Gasteiger partial charge in [-0.1, -0.05) is 25.1 Å². The van der Waals surface area contributed by atoms with Crippen LogP contribution in [0.4, 0.5) is 11.6 Å². The van der Waals surface area contributed by atoms with Crippen molar-refractivity contribution >= 4 is 17.5 Å². The van der Waals surface area contributed by atoms with Crippen LogP contribution in [0.5, 0.6) is 0 Å². The minimum absolute atomic E-state index is 0.192. The van der Waals surface area contributed by atoms with Gasteiger partial charge < -0.3 is 15.5 Å². The lowest BCUT2D eigenvalue weighted by atomic mass is 10.1. The minimum atomic E-state index is -0.192. The van der Waals surface area contributed by atoms with E-state index in [1.165, 1.54) is 0 Å². The maximum absolute atomic E-state index is 12.5. The zero-order valence-electron chi connectivity index (χ0n) is 15.5. The Balaban J connectivity index is 1.97. The topological polar surface area (TPSA) is 70.2 Å². The molecule has 0 atom stereocenters. The molecule has 2 N–H and O–H groups in total. The molecule has 0 aliphatic rings. The van der Waals surface area contributed by atoms with E-state index in [9.17, 15) is 4.79 Å². The first-order valence-corrected chi connectivity index (χ1v) is 8.61. The number of benzene rings is 1. The average molecular weight is 341 g/mol. The van der Waals surface area contributed by atoms with Crippen LogP contribution in [-0.4, -0.2) is 48.0 Å². The van der Waals surface area contributed by atoms with Gasteiger partial charge in [-0.3, -0.25) is 4.79 Å². The molecule has 0 radical (unpaired) electrons. The van der Waals surface area contributed by atoms with E-state index >= 15 is 0 Å². The van der Waals surface area contributed by atoms with Gasteiger partial charge in [0.05, 0.1) is 5.56 Å². The summed E-state index contributed by atoms with van der Waals surface area (Å²) in [5, 5.41) is 6.15. The van der Waals surface area contributed by atoms with E-state index in [-0.39, 0.29) is 5.91 Å². The molecule has 2 rings (SSSR count). The summed E-state index contributed by atoms with van der Waals surface area (Å²) >= 11 is 0. The van der Waals surface area contributed by atoms with Crippen LogP contribution in [0.3, 0.4) is 0 Å². The number of hydrogen-bond acceptors (Lipinski definition) is 5. The third-order valence-electron chi connectivity index (χ3n) is 3.96. The van der Waals surface area contributed by atoms with E-state index in [0.29, 0.717) is 11.5 Å². The Morgan fingerprint density at radius 1 is 1.20 bits per heavy atom. The summed E-state index contributed by atoms with van der Waals surface area (Å²) < 4.78 is 0. The third-order valence-corrected chi connectivity index (χ3v) is 3.96. The van der Waals surface area contributed by atoms with Crippen LogP contribution in [0.25, 0.3) is 0 Å². The quantitative estimate of drug-likeness (QED) is 0.723. The Morgan fingerprint density at radius 3 is 2.56 bits per heavy atom. The predicted molar refractivity (Wildman–Crippen MR) is 102 cm³/mol. The van der Waals surface area contributed by atoms with E-state index < -0.39 is 0 Å². The molecule has 25 heavy (non-hydrogen) atoms. The van der Waals surface area contributed by atoms with Gasteiger partial charge in [-0.25, -0.2) is 9.97 Å². The number of nitrogens with one attached hydrogen (secondary N) is 2. The number of amides is 1. The second kappa shape index (κ2) is 9.13. The van der Waals surface area contributed by atoms with Gasteiger partial charge in [0.15, 0.2) is 0 Å². The Labute approximate surface area is 149 Å². The van der Waals surface area contributed by atoms with Crippen molar-refractivity contribution in [3.05, 3.63) is 47.3 Å². The Bertz CT molecular complexity index is 697. The summed E-state index contributed by atoms with van der Waals surface area (Å²) in [5.74, 6) is 0.351. The van der Waals surface area contributed by atoms with E-state index in [0.717, 1.165) is 42.7 Å². The Kier molecular flexibility index (Phi) is 6.89. The number of nitrogens with zero attached hydrogens (tertiary/aromatic N) is 3.